The molecule has 0 spiro atoms. The molecule has 82 valence electrons. The van der Waals surface area contributed by atoms with Crippen molar-refractivity contribution in [1.29, 1.82) is 0 Å². The van der Waals surface area contributed by atoms with E-state index in [9.17, 15) is 4.21 Å². The molecule has 1 unspecified atom stereocenters. The van der Waals surface area contributed by atoms with Crippen LogP contribution in [0.5, 0.6) is 0 Å². The van der Waals surface area contributed by atoms with Crippen molar-refractivity contribution in [2.75, 3.05) is 0 Å². The van der Waals surface area contributed by atoms with Crippen LogP contribution in [0.25, 0.3) is 0 Å². The van der Waals surface area contributed by atoms with Crippen LogP contribution in [0.3, 0.4) is 0 Å². The lowest BCUT2D eigenvalue weighted by molar-refractivity contribution is 0.651. The van der Waals surface area contributed by atoms with Crippen LogP contribution in [0.4, 0.5) is 0 Å². The molecule has 1 aromatic carbocycles. The SMILES string of the molecule is CC(C)(C)S(=O)/N=C/c1ccccc1I. The van der Waals surface area contributed by atoms with E-state index in [1.807, 2.05) is 45.0 Å². The normalized spacial score (nSPS) is 14.4. The van der Waals surface area contributed by atoms with Crippen molar-refractivity contribution in [1.82, 2.24) is 0 Å². The molecule has 2 nitrogen and oxygen atoms in total. The summed E-state index contributed by atoms with van der Waals surface area (Å²) in [5.41, 5.74) is 1.01. The quantitative estimate of drug-likeness (QED) is 0.603. The fourth-order valence-electron chi connectivity index (χ4n) is 0.843. The van der Waals surface area contributed by atoms with Gasteiger partial charge in [0.1, 0.15) is 11.0 Å². The van der Waals surface area contributed by atoms with Crippen molar-refractivity contribution in [2.45, 2.75) is 25.5 Å². The average Bonchev–Trinajstić information content (AvgIpc) is 2.14. The molecule has 0 aliphatic carbocycles. The van der Waals surface area contributed by atoms with Gasteiger partial charge in [0.05, 0.1) is 4.75 Å². The van der Waals surface area contributed by atoms with Crippen LogP contribution in [0.2, 0.25) is 0 Å². The lowest BCUT2D eigenvalue weighted by Gasteiger charge is -2.12. The van der Waals surface area contributed by atoms with Gasteiger partial charge < -0.3 is 0 Å². The Morgan fingerprint density at radius 3 is 2.47 bits per heavy atom. The maximum atomic E-state index is 11.7. The van der Waals surface area contributed by atoms with Crippen molar-refractivity contribution in [3.05, 3.63) is 33.4 Å². The lowest BCUT2D eigenvalue weighted by Crippen LogP contribution is -2.19. The first-order valence-corrected chi connectivity index (χ1v) is 6.80. The predicted octanol–water partition coefficient (Wildman–Crippen LogP) is 3.17. The second-order valence-corrected chi connectivity index (χ2v) is 7.21. The van der Waals surface area contributed by atoms with E-state index in [-0.39, 0.29) is 4.75 Å². The highest BCUT2D eigenvalue weighted by Gasteiger charge is 2.18. The monoisotopic (exact) mass is 335 g/mol. The average molecular weight is 335 g/mol. The number of hydrogen-bond donors (Lipinski definition) is 0. The third-order valence-electron chi connectivity index (χ3n) is 1.72. The summed E-state index contributed by atoms with van der Waals surface area (Å²) in [6.07, 6.45) is 1.68. The summed E-state index contributed by atoms with van der Waals surface area (Å²) < 4.78 is 16.5. The van der Waals surface area contributed by atoms with E-state index in [1.165, 1.54) is 0 Å². The van der Waals surface area contributed by atoms with Crippen LogP contribution in [0.1, 0.15) is 26.3 Å². The third-order valence-corrected chi connectivity index (χ3v) is 4.04. The number of nitrogens with zero attached hydrogens (tertiary/aromatic N) is 1. The molecule has 1 rings (SSSR count). The second kappa shape index (κ2) is 5.21. The zero-order valence-electron chi connectivity index (χ0n) is 9.03. The van der Waals surface area contributed by atoms with Crippen LogP contribution in [0, 0.1) is 3.57 Å². The first kappa shape index (κ1) is 12.8. The summed E-state index contributed by atoms with van der Waals surface area (Å²) in [6.45, 7) is 5.74. The zero-order valence-corrected chi connectivity index (χ0v) is 12.0. The Morgan fingerprint density at radius 1 is 1.33 bits per heavy atom. The van der Waals surface area contributed by atoms with Gasteiger partial charge >= 0.3 is 0 Å². The Labute approximate surface area is 107 Å². The highest BCUT2D eigenvalue weighted by Crippen LogP contribution is 2.13. The number of benzene rings is 1. The molecule has 0 saturated heterocycles. The van der Waals surface area contributed by atoms with Gasteiger partial charge in [-0.3, -0.25) is 0 Å². The van der Waals surface area contributed by atoms with Gasteiger partial charge in [-0.1, -0.05) is 18.2 Å². The van der Waals surface area contributed by atoms with Crippen LogP contribution < -0.4 is 0 Å². The van der Waals surface area contributed by atoms with E-state index in [1.54, 1.807) is 6.21 Å². The number of halogens is 1. The molecule has 1 aromatic rings. The van der Waals surface area contributed by atoms with Crippen LogP contribution in [0.15, 0.2) is 28.7 Å². The summed E-state index contributed by atoms with van der Waals surface area (Å²) in [6, 6.07) is 7.89. The molecule has 0 saturated carbocycles. The minimum atomic E-state index is -1.18. The predicted molar refractivity (Wildman–Crippen MR) is 74.6 cm³/mol. The zero-order chi connectivity index (χ0) is 11.5. The minimum absolute atomic E-state index is 0.295. The van der Waals surface area contributed by atoms with Crippen molar-refractivity contribution in [3.8, 4) is 0 Å². The minimum Gasteiger partial charge on any atom is -0.234 e. The highest BCUT2D eigenvalue weighted by molar-refractivity contribution is 14.1. The summed E-state index contributed by atoms with van der Waals surface area (Å²) in [5.74, 6) is 0. The summed E-state index contributed by atoms with van der Waals surface area (Å²) in [5, 5.41) is 0. The van der Waals surface area contributed by atoms with Gasteiger partial charge in [0.2, 0.25) is 0 Å². The van der Waals surface area contributed by atoms with Gasteiger partial charge in [0.15, 0.2) is 0 Å². The Morgan fingerprint density at radius 2 is 1.93 bits per heavy atom. The van der Waals surface area contributed by atoms with Gasteiger partial charge in [-0.05, 0) is 49.4 Å². The molecule has 15 heavy (non-hydrogen) atoms. The molecule has 1 atom stereocenters. The largest absolute Gasteiger partial charge is 0.234 e. The van der Waals surface area contributed by atoms with Crippen molar-refractivity contribution >= 4 is 39.8 Å². The second-order valence-electron chi connectivity index (χ2n) is 4.12. The van der Waals surface area contributed by atoms with E-state index >= 15 is 0 Å². The van der Waals surface area contributed by atoms with E-state index in [2.05, 4.69) is 27.0 Å². The fraction of sp³-hybridized carbons (Fsp3) is 0.364. The van der Waals surface area contributed by atoms with Crippen LogP contribution in [-0.4, -0.2) is 15.2 Å². The number of hydrogen-bond acceptors (Lipinski definition) is 1. The van der Waals surface area contributed by atoms with E-state index in [4.69, 9.17) is 0 Å². The highest BCUT2D eigenvalue weighted by atomic mass is 127. The summed E-state index contributed by atoms with van der Waals surface area (Å²) in [4.78, 5) is 0. The van der Waals surface area contributed by atoms with E-state index < -0.39 is 11.0 Å². The van der Waals surface area contributed by atoms with E-state index in [0.29, 0.717) is 0 Å². The van der Waals surface area contributed by atoms with Gasteiger partial charge in [-0.2, -0.15) is 4.40 Å². The molecule has 0 heterocycles. The van der Waals surface area contributed by atoms with Crippen molar-refractivity contribution in [3.63, 3.8) is 0 Å². The van der Waals surface area contributed by atoms with Crippen LogP contribution >= 0.6 is 22.6 Å². The first-order valence-electron chi connectivity index (χ1n) is 4.62. The van der Waals surface area contributed by atoms with Gasteiger partial charge in [-0.15, -0.1) is 0 Å². The summed E-state index contributed by atoms with van der Waals surface area (Å²) in [7, 11) is -1.18. The molecule has 0 aromatic heterocycles. The Balaban J connectivity index is 2.84. The molecular formula is C11H14INOS. The van der Waals surface area contributed by atoms with Gasteiger partial charge in [-0.25, -0.2) is 4.21 Å². The van der Waals surface area contributed by atoms with Crippen molar-refractivity contribution in [2.24, 2.45) is 4.40 Å². The maximum absolute atomic E-state index is 11.7. The molecule has 4 heteroatoms. The fourth-order valence-corrected chi connectivity index (χ4v) is 1.89. The Bertz CT molecular complexity index is 396. The van der Waals surface area contributed by atoms with Crippen LogP contribution in [-0.2, 0) is 11.0 Å². The molecule has 0 amide bonds. The maximum Gasteiger partial charge on any atom is 0.144 e. The molecule has 0 aliphatic rings. The molecule has 0 bridgehead atoms. The Hall–Kier alpha value is -0.230. The molecule has 0 N–H and O–H groups in total. The summed E-state index contributed by atoms with van der Waals surface area (Å²) >= 11 is 2.24. The lowest BCUT2D eigenvalue weighted by atomic mass is 10.2. The topological polar surface area (TPSA) is 29.4 Å². The third kappa shape index (κ3) is 4.03. The molecular weight excluding hydrogens is 321 g/mol. The molecule has 0 fully saturated rings. The number of rotatable bonds is 2. The molecule has 0 radical (unpaired) electrons. The molecule has 0 aliphatic heterocycles. The Kier molecular flexibility index (Phi) is 4.45. The first-order chi connectivity index (χ1) is 6.91. The van der Waals surface area contributed by atoms with Gasteiger partial charge in [0.25, 0.3) is 0 Å². The van der Waals surface area contributed by atoms with Gasteiger partial charge in [0, 0.05) is 15.3 Å². The standard InChI is InChI=1S/C11H14INOS/c1-11(2,3)15(14)13-8-9-6-4-5-7-10(9)12/h4-8H,1-3H3/b13-8+. The smallest absolute Gasteiger partial charge is 0.144 e. The van der Waals surface area contributed by atoms with Crippen molar-refractivity contribution < 1.29 is 4.21 Å². The van der Waals surface area contributed by atoms with E-state index in [0.717, 1.165) is 9.13 Å².